The number of rotatable bonds is 7. The molecule has 8 nitrogen and oxygen atoms in total. The Hall–Kier alpha value is -2.39. The molecule has 2 N–H and O–H groups in total. The van der Waals surface area contributed by atoms with Crippen molar-refractivity contribution in [1.29, 1.82) is 0 Å². The molecule has 144 valence electrons. The summed E-state index contributed by atoms with van der Waals surface area (Å²) in [6, 6.07) is 5.43. The fraction of sp³-hybridized carbons (Fsp3) is 0.438. The van der Waals surface area contributed by atoms with Gasteiger partial charge in [-0.25, -0.2) is 4.39 Å². The van der Waals surface area contributed by atoms with Crippen molar-refractivity contribution in [3.8, 4) is 5.75 Å². The number of amides is 2. The highest BCUT2D eigenvalue weighted by atomic mass is 35.5. The van der Waals surface area contributed by atoms with Crippen LogP contribution in [0, 0.1) is 5.82 Å². The van der Waals surface area contributed by atoms with E-state index in [4.69, 9.17) is 9.84 Å². The average Bonchev–Trinajstić information content (AvgIpc) is 2.60. The Bertz CT molecular complexity index is 621. The second kappa shape index (κ2) is 10.6. The Kier molecular flexibility index (Phi) is 8.80. The molecule has 0 unspecified atom stereocenters. The lowest BCUT2D eigenvalue weighted by atomic mass is 10.3. The lowest BCUT2D eigenvalue weighted by molar-refractivity contribution is -0.138. The van der Waals surface area contributed by atoms with Crippen LogP contribution in [0.1, 0.15) is 0 Å². The summed E-state index contributed by atoms with van der Waals surface area (Å²) in [6.07, 6.45) is 0. The predicted molar refractivity (Wildman–Crippen MR) is 92.8 cm³/mol. The molecular formula is C16H21ClFN3O5. The molecule has 0 bridgehead atoms. The van der Waals surface area contributed by atoms with Crippen molar-refractivity contribution in [1.82, 2.24) is 15.1 Å². The van der Waals surface area contributed by atoms with Gasteiger partial charge in [-0.05, 0) is 24.3 Å². The van der Waals surface area contributed by atoms with Crippen molar-refractivity contribution in [3.63, 3.8) is 0 Å². The Balaban J connectivity index is 0.00000338. The monoisotopic (exact) mass is 389 g/mol. The number of carbonyl (C=O) groups is 3. The zero-order valence-corrected chi connectivity index (χ0v) is 14.8. The van der Waals surface area contributed by atoms with Crippen molar-refractivity contribution >= 4 is 30.2 Å². The van der Waals surface area contributed by atoms with Gasteiger partial charge in [0.1, 0.15) is 18.1 Å². The molecule has 1 aliphatic rings. The van der Waals surface area contributed by atoms with Crippen LogP contribution in [0.15, 0.2) is 24.3 Å². The van der Waals surface area contributed by atoms with Crippen LogP contribution < -0.4 is 10.1 Å². The maximum Gasteiger partial charge on any atom is 0.322 e. The minimum atomic E-state index is -1.09. The number of nitrogens with one attached hydrogen (secondary N) is 1. The van der Waals surface area contributed by atoms with Gasteiger partial charge in [0.2, 0.25) is 5.91 Å². The summed E-state index contributed by atoms with van der Waals surface area (Å²) in [4.78, 5) is 37.6. The molecule has 2 amide bonds. The van der Waals surface area contributed by atoms with Crippen molar-refractivity contribution in [2.24, 2.45) is 0 Å². The summed E-state index contributed by atoms with van der Waals surface area (Å²) in [5, 5.41) is 10.8. The lowest BCUT2D eigenvalue weighted by Gasteiger charge is -2.34. The zero-order chi connectivity index (χ0) is 18.2. The molecule has 1 heterocycles. The van der Waals surface area contributed by atoms with Gasteiger partial charge in [0.25, 0.3) is 5.91 Å². The lowest BCUT2D eigenvalue weighted by Crippen LogP contribution is -2.52. The number of nitrogens with zero attached hydrogens (tertiary/aromatic N) is 2. The molecule has 1 aromatic carbocycles. The Morgan fingerprint density at radius 2 is 1.73 bits per heavy atom. The van der Waals surface area contributed by atoms with Crippen LogP contribution in [0.3, 0.4) is 0 Å². The van der Waals surface area contributed by atoms with E-state index in [1.165, 1.54) is 24.3 Å². The molecule has 0 atom stereocenters. The van der Waals surface area contributed by atoms with Gasteiger partial charge in [0, 0.05) is 26.2 Å². The molecule has 0 spiro atoms. The standard InChI is InChI=1S/C16H20FN3O5.ClH/c17-12-1-3-13(4-2-12)25-11-15(22)20-7-5-19(6-8-20)10-14(21)18-9-16(23)24;/h1-4H,5-11H2,(H,18,21)(H,23,24);1H. The van der Waals surface area contributed by atoms with Gasteiger partial charge in [0.05, 0.1) is 6.54 Å². The first-order chi connectivity index (χ1) is 11.9. The van der Waals surface area contributed by atoms with Crippen LogP contribution in [0.4, 0.5) is 4.39 Å². The SMILES string of the molecule is Cl.O=C(O)CNC(=O)CN1CCN(C(=O)COc2ccc(F)cc2)CC1. The highest BCUT2D eigenvalue weighted by Crippen LogP contribution is 2.11. The number of piperazine rings is 1. The molecule has 1 fully saturated rings. The van der Waals surface area contributed by atoms with Crippen molar-refractivity contribution < 1.29 is 28.6 Å². The molecule has 2 rings (SSSR count). The van der Waals surface area contributed by atoms with Crippen LogP contribution in [0.2, 0.25) is 0 Å². The fourth-order valence-electron chi connectivity index (χ4n) is 2.36. The van der Waals surface area contributed by atoms with E-state index in [-0.39, 0.29) is 43.2 Å². The minimum Gasteiger partial charge on any atom is -0.484 e. The van der Waals surface area contributed by atoms with Gasteiger partial charge in [-0.3, -0.25) is 19.3 Å². The molecular weight excluding hydrogens is 369 g/mol. The summed E-state index contributed by atoms with van der Waals surface area (Å²) < 4.78 is 18.1. The number of ether oxygens (including phenoxy) is 1. The van der Waals surface area contributed by atoms with E-state index >= 15 is 0 Å². The zero-order valence-electron chi connectivity index (χ0n) is 14.0. The van der Waals surface area contributed by atoms with Crippen LogP contribution in [-0.2, 0) is 14.4 Å². The van der Waals surface area contributed by atoms with E-state index < -0.39 is 12.5 Å². The summed E-state index contributed by atoms with van der Waals surface area (Å²) >= 11 is 0. The predicted octanol–water partition coefficient (Wildman–Crippen LogP) is -0.0287. The molecule has 0 radical (unpaired) electrons. The smallest absolute Gasteiger partial charge is 0.322 e. The largest absolute Gasteiger partial charge is 0.484 e. The first-order valence-electron chi connectivity index (χ1n) is 7.81. The minimum absolute atomic E-state index is 0. The molecule has 26 heavy (non-hydrogen) atoms. The van der Waals surface area contributed by atoms with Gasteiger partial charge >= 0.3 is 5.97 Å². The highest BCUT2D eigenvalue weighted by molar-refractivity contribution is 5.85. The molecule has 10 heteroatoms. The van der Waals surface area contributed by atoms with Gasteiger partial charge in [-0.2, -0.15) is 0 Å². The topological polar surface area (TPSA) is 99.2 Å². The number of hydrogen-bond donors (Lipinski definition) is 2. The molecule has 1 saturated heterocycles. The van der Waals surface area contributed by atoms with Gasteiger partial charge in [0.15, 0.2) is 6.61 Å². The van der Waals surface area contributed by atoms with E-state index in [2.05, 4.69) is 5.32 Å². The quantitative estimate of drug-likeness (QED) is 0.679. The van der Waals surface area contributed by atoms with Crippen LogP contribution in [0.5, 0.6) is 5.75 Å². The fourth-order valence-corrected chi connectivity index (χ4v) is 2.36. The van der Waals surface area contributed by atoms with Crippen LogP contribution in [0.25, 0.3) is 0 Å². The Morgan fingerprint density at radius 1 is 1.12 bits per heavy atom. The molecule has 1 aliphatic heterocycles. The second-order valence-corrected chi connectivity index (χ2v) is 5.57. The van der Waals surface area contributed by atoms with E-state index in [1.54, 1.807) is 4.90 Å². The van der Waals surface area contributed by atoms with Gasteiger partial charge < -0.3 is 20.1 Å². The van der Waals surface area contributed by atoms with E-state index in [1.807, 2.05) is 4.90 Å². The first-order valence-corrected chi connectivity index (χ1v) is 7.81. The van der Waals surface area contributed by atoms with Crippen LogP contribution in [-0.4, -0.2) is 78.6 Å². The number of carboxylic acids is 1. The third-order valence-corrected chi connectivity index (χ3v) is 3.70. The number of aliphatic carboxylic acids is 1. The number of benzene rings is 1. The van der Waals surface area contributed by atoms with Crippen molar-refractivity contribution in [2.75, 3.05) is 45.9 Å². The molecule has 0 saturated carbocycles. The number of carbonyl (C=O) groups excluding carboxylic acids is 2. The first kappa shape index (κ1) is 21.7. The third kappa shape index (κ3) is 7.24. The number of carboxylic acid groups (broad SMARTS) is 1. The summed E-state index contributed by atoms with van der Waals surface area (Å²) in [5.41, 5.74) is 0. The molecule has 0 aliphatic carbocycles. The Labute approximate surface area is 156 Å². The Morgan fingerprint density at radius 3 is 2.31 bits per heavy atom. The summed E-state index contributed by atoms with van der Waals surface area (Å²) in [6.45, 7) is 1.51. The van der Waals surface area contributed by atoms with E-state index in [0.717, 1.165) is 0 Å². The van der Waals surface area contributed by atoms with Gasteiger partial charge in [-0.1, -0.05) is 0 Å². The molecule has 1 aromatic rings. The van der Waals surface area contributed by atoms with Gasteiger partial charge in [-0.15, -0.1) is 12.4 Å². The summed E-state index contributed by atoms with van der Waals surface area (Å²) in [5.74, 6) is -1.59. The second-order valence-electron chi connectivity index (χ2n) is 5.57. The molecule has 0 aromatic heterocycles. The number of hydrogen-bond acceptors (Lipinski definition) is 5. The highest BCUT2D eigenvalue weighted by Gasteiger charge is 2.22. The van der Waals surface area contributed by atoms with Crippen molar-refractivity contribution in [2.45, 2.75) is 0 Å². The van der Waals surface area contributed by atoms with Crippen LogP contribution >= 0.6 is 12.4 Å². The average molecular weight is 390 g/mol. The summed E-state index contributed by atoms with van der Waals surface area (Å²) in [7, 11) is 0. The normalized spacial score (nSPS) is 14.3. The van der Waals surface area contributed by atoms with E-state index in [9.17, 15) is 18.8 Å². The van der Waals surface area contributed by atoms with Crippen molar-refractivity contribution in [3.05, 3.63) is 30.1 Å². The maximum atomic E-state index is 12.8. The third-order valence-electron chi connectivity index (χ3n) is 3.70. The van der Waals surface area contributed by atoms with E-state index in [0.29, 0.717) is 31.9 Å². The number of halogens is 2. The maximum absolute atomic E-state index is 12.8.